The number of nitrogens with zero attached hydrogens (tertiary/aromatic N) is 1. The molecule has 0 aliphatic rings. The standard InChI is InChI=1S/C13H24N2O/c1-5-7-14-11(4)13-15-9-12(16-13)8-10(3)6-2/h9-11,14H,5-8H2,1-4H3. The molecule has 0 aliphatic heterocycles. The summed E-state index contributed by atoms with van der Waals surface area (Å²) in [5.74, 6) is 2.49. The summed E-state index contributed by atoms with van der Waals surface area (Å²) < 4.78 is 5.74. The van der Waals surface area contributed by atoms with E-state index in [1.165, 1.54) is 6.42 Å². The highest BCUT2D eigenvalue weighted by atomic mass is 16.4. The van der Waals surface area contributed by atoms with Gasteiger partial charge in [0.15, 0.2) is 0 Å². The van der Waals surface area contributed by atoms with Crippen LogP contribution in [0.1, 0.15) is 58.2 Å². The Kier molecular flexibility index (Phi) is 5.53. The largest absolute Gasteiger partial charge is 0.444 e. The minimum atomic E-state index is 0.214. The van der Waals surface area contributed by atoms with E-state index in [0.717, 1.165) is 31.0 Å². The summed E-state index contributed by atoms with van der Waals surface area (Å²) in [6.45, 7) is 9.69. The van der Waals surface area contributed by atoms with Crippen molar-refractivity contribution in [2.45, 2.75) is 53.0 Å². The quantitative estimate of drug-likeness (QED) is 0.772. The molecule has 0 spiro atoms. The summed E-state index contributed by atoms with van der Waals surface area (Å²) in [6, 6.07) is 0.214. The van der Waals surface area contributed by atoms with Gasteiger partial charge in [0, 0.05) is 6.42 Å². The molecule has 1 heterocycles. The van der Waals surface area contributed by atoms with Crippen LogP contribution in [0.2, 0.25) is 0 Å². The van der Waals surface area contributed by atoms with E-state index in [1.54, 1.807) is 0 Å². The van der Waals surface area contributed by atoms with Crippen LogP contribution in [0, 0.1) is 5.92 Å². The van der Waals surface area contributed by atoms with Gasteiger partial charge in [0.25, 0.3) is 0 Å². The molecule has 0 saturated carbocycles. The van der Waals surface area contributed by atoms with Crippen LogP contribution >= 0.6 is 0 Å². The van der Waals surface area contributed by atoms with Crippen LogP contribution < -0.4 is 5.32 Å². The minimum Gasteiger partial charge on any atom is -0.444 e. The Morgan fingerprint density at radius 2 is 2.12 bits per heavy atom. The summed E-state index contributed by atoms with van der Waals surface area (Å²) in [5.41, 5.74) is 0. The lowest BCUT2D eigenvalue weighted by molar-refractivity contribution is 0.378. The Morgan fingerprint density at radius 3 is 2.75 bits per heavy atom. The van der Waals surface area contributed by atoms with Gasteiger partial charge in [-0.15, -0.1) is 0 Å². The molecule has 0 saturated heterocycles. The highest BCUT2D eigenvalue weighted by Crippen LogP contribution is 2.16. The van der Waals surface area contributed by atoms with Gasteiger partial charge in [0.1, 0.15) is 5.76 Å². The number of oxazole rings is 1. The van der Waals surface area contributed by atoms with Gasteiger partial charge in [-0.1, -0.05) is 27.2 Å². The van der Waals surface area contributed by atoms with Crippen LogP contribution in [0.4, 0.5) is 0 Å². The van der Waals surface area contributed by atoms with Crippen LogP contribution in [0.3, 0.4) is 0 Å². The first kappa shape index (κ1) is 13.2. The zero-order valence-electron chi connectivity index (χ0n) is 10.9. The first-order valence-electron chi connectivity index (χ1n) is 6.35. The summed E-state index contributed by atoms with van der Waals surface area (Å²) in [4.78, 5) is 4.33. The van der Waals surface area contributed by atoms with Crippen molar-refractivity contribution in [2.75, 3.05) is 6.54 Å². The maximum absolute atomic E-state index is 5.74. The molecule has 3 heteroatoms. The Bertz CT molecular complexity index is 296. The van der Waals surface area contributed by atoms with Crippen molar-refractivity contribution in [1.82, 2.24) is 10.3 Å². The summed E-state index contributed by atoms with van der Waals surface area (Å²) in [7, 11) is 0. The van der Waals surface area contributed by atoms with Gasteiger partial charge < -0.3 is 9.73 Å². The van der Waals surface area contributed by atoms with Crippen molar-refractivity contribution >= 4 is 0 Å². The number of hydrogen-bond donors (Lipinski definition) is 1. The van der Waals surface area contributed by atoms with Crippen molar-refractivity contribution in [1.29, 1.82) is 0 Å². The second kappa shape index (κ2) is 6.69. The third-order valence-electron chi connectivity index (χ3n) is 2.89. The molecule has 0 fully saturated rings. The molecule has 92 valence electrons. The average Bonchev–Trinajstić information content (AvgIpc) is 2.74. The molecule has 0 aromatic carbocycles. The first-order valence-corrected chi connectivity index (χ1v) is 6.35. The van der Waals surface area contributed by atoms with Crippen molar-refractivity contribution in [2.24, 2.45) is 5.92 Å². The highest BCUT2D eigenvalue weighted by molar-refractivity contribution is 4.98. The van der Waals surface area contributed by atoms with E-state index in [9.17, 15) is 0 Å². The number of aromatic nitrogens is 1. The van der Waals surface area contributed by atoms with Gasteiger partial charge in [-0.25, -0.2) is 4.98 Å². The van der Waals surface area contributed by atoms with Gasteiger partial charge in [-0.05, 0) is 25.8 Å². The second-order valence-electron chi connectivity index (χ2n) is 4.56. The maximum Gasteiger partial charge on any atom is 0.211 e. The molecular formula is C13H24N2O. The van der Waals surface area contributed by atoms with Gasteiger partial charge in [0.05, 0.1) is 12.2 Å². The summed E-state index contributed by atoms with van der Waals surface area (Å²) >= 11 is 0. The van der Waals surface area contributed by atoms with E-state index in [-0.39, 0.29) is 6.04 Å². The maximum atomic E-state index is 5.74. The monoisotopic (exact) mass is 224 g/mol. The van der Waals surface area contributed by atoms with E-state index >= 15 is 0 Å². The molecule has 1 aromatic rings. The molecule has 2 atom stereocenters. The summed E-state index contributed by atoms with van der Waals surface area (Å²) in [5, 5.41) is 3.37. The summed E-state index contributed by atoms with van der Waals surface area (Å²) in [6.07, 6.45) is 5.17. The number of nitrogens with one attached hydrogen (secondary N) is 1. The topological polar surface area (TPSA) is 38.1 Å². The first-order chi connectivity index (χ1) is 7.67. The van der Waals surface area contributed by atoms with Crippen LogP contribution in [-0.2, 0) is 6.42 Å². The highest BCUT2D eigenvalue weighted by Gasteiger charge is 2.12. The minimum absolute atomic E-state index is 0.214. The molecule has 16 heavy (non-hydrogen) atoms. The van der Waals surface area contributed by atoms with Crippen LogP contribution in [0.25, 0.3) is 0 Å². The van der Waals surface area contributed by atoms with Gasteiger partial charge in [-0.2, -0.15) is 0 Å². The SMILES string of the molecule is CCCNC(C)c1ncc(CC(C)CC)o1. The van der Waals surface area contributed by atoms with E-state index in [2.05, 4.69) is 38.0 Å². The third kappa shape index (κ3) is 3.97. The molecule has 1 N–H and O–H groups in total. The van der Waals surface area contributed by atoms with Crippen LogP contribution in [-0.4, -0.2) is 11.5 Å². The Labute approximate surface area is 98.6 Å². The van der Waals surface area contributed by atoms with Gasteiger partial charge in [-0.3, -0.25) is 0 Å². The predicted octanol–water partition coefficient (Wildman–Crippen LogP) is 3.32. The Hall–Kier alpha value is -0.830. The van der Waals surface area contributed by atoms with Crippen LogP contribution in [0.5, 0.6) is 0 Å². The fourth-order valence-corrected chi connectivity index (χ4v) is 1.55. The Morgan fingerprint density at radius 1 is 1.38 bits per heavy atom. The second-order valence-corrected chi connectivity index (χ2v) is 4.56. The van der Waals surface area contributed by atoms with E-state index in [0.29, 0.717) is 5.92 Å². The van der Waals surface area contributed by atoms with Gasteiger partial charge in [0.2, 0.25) is 5.89 Å². The van der Waals surface area contributed by atoms with Crippen molar-refractivity contribution in [3.63, 3.8) is 0 Å². The Balaban J connectivity index is 2.50. The predicted molar refractivity (Wildman–Crippen MR) is 66.4 cm³/mol. The molecule has 0 radical (unpaired) electrons. The normalized spacial score (nSPS) is 15.0. The molecule has 2 unspecified atom stereocenters. The lowest BCUT2D eigenvalue weighted by Gasteiger charge is -2.09. The van der Waals surface area contributed by atoms with Crippen LogP contribution in [0.15, 0.2) is 10.6 Å². The van der Waals surface area contributed by atoms with Crippen molar-refractivity contribution in [3.8, 4) is 0 Å². The third-order valence-corrected chi connectivity index (χ3v) is 2.89. The molecule has 1 rings (SSSR count). The smallest absolute Gasteiger partial charge is 0.211 e. The molecule has 3 nitrogen and oxygen atoms in total. The molecule has 0 amide bonds. The number of rotatable bonds is 7. The average molecular weight is 224 g/mol. The van der Waals surface area contributed by atoms with Crippen molar-refractivity contribution in [3.05, 3.63) is 17.8 Å². The zero-order chi connectivity index (χ0) is 12.0. The van der Waals surface area contributed by atoms with Gasteiger partial charge >= 0.3 is 0 Å². The lowest BCUT2D eigenvalue weighted by Crippen LogP contribution is -2.19. The zero-order valence-corrected chi connectivity index (χ0v) is 10.9. The number of hydrogen-bond acceptors (Lipinski definition) is 3. The lowest BCUT2D eigenvalue weighted by atomic mass is 10.0. The fourth-order valence-electron chi connectivity index (χ4n) is 1.55. The molecule has 1 aromatic heterocycles. The van der Waals surface area contributed by atoms with Crippen molar-refractivity contribution < 1.29 is 4.42 Å². The molecular weight excluding hydrogens is 200 g/mol. The van der Waals surface area contributed by atoms with E-state index < -0.39 is 0 Å². The molecule has 0 bridgehead atoms. The van der Waals surface area contributed by atoms with E-state index in [1.807, 2.05) is 6.20 Å². The fraction of sp³-hybridized carbons (Fsp3) is 0.769. The van der Waals surface area contributed by atoms with E-state index in [4.69, 9.17) is 4.42 Å². The molecule has 0 aliphatic carbocycles.